The van der Waals surface area contributed by atoms with Crippen molar-refractivity contribution in [3.05, 3.63) is 21.9 Å². The fourth-order valence-corrected chi connectivity index (χ4v) is 3.61. The van der Waals surface area contributed by atoms with E-state index in [1.54, 1.807) is 0 Å². The Kier molecular flexibility index (Phi) is 4.15. The second kappa shape index (κ2) is 5.44. The van der Waals surface area contributed by atoms with Crippen molar-refractivity contribution in [2.24, 2.45) is 10.4 Å². The van der Waals surface area contributed by atoms with Crippen LogP contribution in [0.4, 0.5) is 0 Å². The van der Waals surface area contributed by atoms with Crippen molar-refractivity contribution in [1.29, 1.82) is 0 Å². The number of hydrogen-bond acceptors (Lipinski definition) is 4. The van der Waals surface area contributed by atoms with E-state index in [1.165, 1.54) is 10.4 Å². The molecule has 0 aliphatic carbocycles. The van der Waals surface area contributed by atoms with Crippen molar-refractivity contribution in [2.45, 2.75) is 33.7 Å². The van der Waals surface area contributed by atoms with Crippen LogP contribution in [0.5, 0.6) is 0 Å². The van der Waals surface area contributed by atoms with Crippen LogP contribution in [0, 0.1) is 5.41 Å². The topological polar surface area (TPSA) is 24.4 Å². The van der Waals surface area contributed by atoms with E-state index < -0.39 is 0 Å². The van der Waals surface area contributed by atoms with E-state index in [1.807, 2.05) is 23.1 Å². The third-order valence-corrected chi connectivity index (χ3v) is 5.30. The number of nitrogens with zero attached hydrogens (tertiary/aromatic N) is 1. The average Bonchev–Trinajstić information content (AvgIpc) is 2.75. The number of thioether (sulfide) groups is 1. The van der Waals surface area contributed by atoms with Gasteiger partial charge < -0.3 is 5.32 Å². The smallest absolute Gasteiger partial charge is 0.156 e. The summed E-state index contributed by atoms with van der Waals surface area (Å²) in [4.78, 5) is 6.06. The van der Waals surface area contributed by atoms with Gasteiger partial charge in [0.1, 0.15) is 0 Å². The molecule has 0 amide bonds. The molecule has 0 fully saturated rings. The molecule has 17 heavy (non-hydrogen) atoms. The van der Waals surface area contributed by atoms with E-state index in [4.69, 9.17) is 0 Å². The van der Waals surface area contributed by atoms with Gasteiger partial charge in [-0.2, -0.15) is 0 Å². The Hall–Kier alpha value is -0.480. The van der Waals surface area contributed by atoms with Crippen molar-refractivity contribution in [3.8, 4) is 0 Å². The molecule has 0 bridgehead atoms. The zero-order valence-electron chi connectivity index (χ0n) is 10.7. The molecule has 0 unspecified atom stereocenters. The van der Waals surface area contributed by atoms with Gasteiger partial charge in [0.15, 0.2) is 5.17 Å². The zero-order chi connectivity index (χ0) is 12.3. The van der Waals surface area contributed by atoms with Crippen molar-refractivity contribution in [3.63, 3.8) is 0 Å². The number of aliphatic imine (C=N–C) groups is 1. The van der Waals surface area contributed by atoms with E-state index in [0.29, 0.717) is 5.41 Å². The van der Waals surface area contributed by atoms with Gasteiger partial charge in [-0.05, 0) is 28.8 Å². The minimum atomic E-state index is 0.355. The first kappa shape index (κ1) is 13.0. The van der Waals surface area contributed by atoms with Crippen molar-refractivity contribution < 1.29 is 0 Å². The minimum absolute atomic E-state index is 0.355. The summed E-state index contributed by atoms with van der Waals surface area (Å²) in [5.74, 6) is 1.16. The van der Waals surface area contributed by atoms with Gasteiger partial charge in [0.05, 0.1) is 6.54 Å². The maximum absolute atomic E-state index is 4.61. The Labute approximate surface area is 112 Å². The van der Waals surface area contributed by atoms with E-state index in [0.717, 1.165) is 30.4 Å². The normalized spacial score (nSPS) is 18.9. The lowest BCUT2D eigenvalue weighted by atomic mass is 9.97. The molecule has 4 heteroatoms. The first-order valence-electron chi connectivity index (χ1n) is 6.07. The predicted octanol–water partition coefficient (Wildman–Crippen LogP) is 3.53. The maximum atomic E-state index is 4.61. The molecule has 0 saturated carbocycles. The lowest BCUT2D eigenvalue weighted by Crippen LogP contribution is -2.30. The summed E-state index contributed by atoms with van der Waals surface area (Å²) in [6.45, 7) is 8.62. The van der Waals surface area contributed by atoms with Crippen molar-refractivity contribution >= 4 is 28.3 Å². The molecule has 0 saturated heterocycles. The second-order valence-corrected chi connectivity index (χ2v) is 7.12. The first-order chi connectivity index (χ1) is 8.11. The highest BCUT2D eigenvalue weighted by Crippen LogP contribution is 2.27. The summed E-state index contributed by atoms with van der Waals surface area (Å²) < 4.78 is 0. The van der Waals surface area contributed by atoms with E-state index >= 15 is 0 Å². The second-order valence-electron chi connectivity index (χ2n) is 5.15. The molecule has 0 spiro atoms. The lowest BCUT2D eigenvalue weighted by molar-refractivity contribution is 0.436. The SMILES string of the molecule is CCc1ccsc1CNC1=NCC(C)(C)CS1. The van der Waals surface area contributed by atoms with Crippen LogP contribution in [0.1, 0.15) is 31.2 Å². The van der Waals surface area contributed by atoms with Gasteiger partial charge in [0.2, 0.25) is 0 Å². The van der Waals surface area contributed by atoms with Crippen molar-refractivity contribution in [2.75, 3.05) is 12.3 Å². The van der Waals surface area contributed by atoms with E-state index in [2.05, 4.69) is 42.5 Å². The highest BCUT2D eigenvalue weighted by Gasteiger charge is 2.23. The van der Waals surface area contributed by atoms with Gasteiger partial charge in [0.25, 0.3) is 0 Å². The molecule has 2 nitrogen and oxygen atoms in total. The van der Waals surface area contributed by atoms with Crippen molar-refractivity contribution in [1.82, 2.24) is 5.32 Å². The molecular formula is C13H20N2S2. The first-order valence-corrected chi connectivity index (χ1v) is 7.93. The average molecular weight is 268 g/mol. The molecule has 1 N–H and O–H groups in total. The van der Waals surface area contributed by atoms with Crippen LogP contribution in [-0.4, -0.2) is 17.5 Å². The Morgan fingerprint density at radius 3 is 2.94 bits per heavy atom. The lowest BCUT2D eigenvalue weighted by Gasteiger charge is -2.27. The molecule has 94 valence electrons. The molecular weight excluding hydrogens is 248 g/mol. The van der Waals surface area contributed by atoms with Crippen LogP contribution in [0.25, 0.3) is 0 Å². The molecule has 2 rings (SSSR count). The highest BCUT2D eigenvalue weighted by atomic mass is 32.2. The van der Waals surface area contributed by atoms with E-state index in [-0.39, 0.29) is 0 Å². The zero-order valence-corrected chi connectivity index (χ0v) is 12.4. The summed E-state index contributed by atoms with van der Waals surface area (Å²) in [6.07, 6.45) is 1.12. The fourth-order valence-electron chi connectivity index (χ4n) is 1.74. The third-order valence-electron chi connectivity index (χ3n) is 2.87. The van der Waals surface area contributed by atoms with Gasteiger partial charge in [0, 0.05) is 17.2 Å². The molecule has 1 aliphatic heterocycles. The summed E-state index contributed by atoms with van der Waals surface area (Å²) in [5.41, 5.74) is 1.82. The Morgan fingerprint density at radius 1 is 1.47 bits per heavy atom. The molecule has 1 aromatic heterocycles. The number of nitrogens with one attached hydrogen (secondary N) is 1. The van der Waals surface area contributed by atoms with Crippen LogP contribution >= 0.6 is 23.1 Å². The monoisotopic (exact) mass is 268 g/mol. The number of thiophene rings is 1. The summed E-state index contributed by atoms with van der Waals surface area (Å²) >= 11 is 3.68. The fraction of sp³-hybridized carbons (Fsp3) is 0.615. The number of rotatable bonds is 3. The summed E-state index contributed by atoms with van der Waals surface area (Å²) in [5, 5.41) is 6.75. The predicted molar refractivity (Wildman–Crippen MR) is 79.1 cm³/mol. The molecule has 1 aromatic rings. The Balaban J connectivity index is 1.89. The van der Waals surface area contributed by atoms with Gasteiger partial charge in [-0.25, -0.2) is 0 Å². The van der Waals surface area contributed by atoms with Crippen LogP contribution in [0.3, 0.4) is 0 Å². The molecule has 0 aromatic carbocycles. The van der Waals surface area contributed by atoms with E-state index in [9.17, 15) is 0 Å². The van der Waals surface area contributed by atoms with Crippen LogP contribution in [0.15, 0.2) is 16.4 Å². The van der Waals surface area contributed by atoms with Crippen LogP contribution in [-0.2, 0) is 13.0 Å². The number of hydrogen-bond donors (Lipinski definition) is 1. The molecule has 2 heterocycles. The minimum Gasteiger partial charge on any atom is -0.360 e. The summed E-state index contributed by atoms with van der Waals surface area (Å²) in [6, 6.07) is 2.22. The number of aryl methyl sites for hydroxylation is 1. The quantitative estimate of drug-likeness (QED) is 0.907. The molecule has 0 radical (unpaired) electrons. The summed E-state index contributed by atoms with van der Waals surface area (Å²) in [7, 11) is 0. The largest absolute Gasteiger partial charge is 0.360 e. The van der Waals surface area contributed by atoms with Crippen LogP contribution < -0.4 is 5.32 Å². The molecule has 0 atom stereocenters. The maximum Gasteiger partial charge on any atom is 0.156 e. The highest BCUT2D eigenvalue weighted by molar-refractivity contribution is 8.13. The Morgan fingerprint density at radius 2 is 2.29 bits per heavy atom. The standard InChI is InChI=1S/C13H20N2S2/c1-4-10-5-6-16-11(10)7-14-12-15-8-13(2,3)9-17-12/h5-6H,4,7-9H2,1-3H3,(H,14,15). The Bertz CT molecular complexity index is 407. The third kappa shape index (κ3) is 3.49. The number of amidine groups is 1. The van der Waals surface area contributed by atoms with Gasteiger partial charge in [-0.3, -0.25) is 4.99 Å². The van der Waals surface area contributed by atoms with Gasteiger partial charge in [-0.15, -0.1) is 11.3 Å². The van der Waals surface area contributed by atoms with Gasteiger partial charge in [-0.1, -0.05) is 32.5 Å². The van der Waals surface area contributed by atoms with Gasteiger partial charge >= 0.3 is 0 Å². The molecule has 1 aliphatic rings. The van der Waals surface area contributed by atoms with Crippen LogP contribution in [0.2, 0.25) is 0 Å².